The summed E-state index contributed by atoms with van der Waals surface area (Å²) in [5.74, 6) is -1.02. The molecule has 0 spiro atoms. The topological polar surface area (TPSA) is 65.4 Å². The molecule has 0 N–H and O–H groups in total. The van der Waals surface area contributed by atoms with Gasteiger partial charge in [-0.1, -0.05) is 23.7 Å². The zero-order valence-corrected chi connectivity index (χ0v) is 19.1. The molecule has 4 rings (SSSR count). The number of hydrogen-bond acceptors (Lipinski definition) is 4. The maximum absolute atomic E-state index is 14.5. The molecule has 0 unspecified atom stereocenters. The van der Waals surface area contributed by atoms with E-state index in [1.165, 1.54) is 13.0 Å². The molecule has 164 valence electrons. The first-order chi connectivity index (χ1) is 14.6. The molecule has 0 aliphatic heterocycles. The zero-order chi connectivity index (χ0) is 22.5. The lowest BCUT2D eigenvalue weighted by atomic mass is 9.93. The van der Waals surface area contributed by atoms with Crippen molar-refractivity contribution in [2.45, 2.75) is 50.2 Å². The fourth-order valence-electron chi connectivity index (χ4n) is 4.56. The van der Waals surface area contributed by atoms with E-state index in [1.807, 2.05) is 23.6 Å². The lowest BCUT2D eigenvalue weighted by Gasteiger charge is -2.28. The van der Waals surface area contributed by atoms with Crippen LogP contribution >= 0.6 is 11.6 Å². The Morgan fingerprint density at radius 2 is 1.94 bits per heavy atom. The van der Waals surface area contributed by atoms with Gasteiger partial charge in [0.1, 0.15) is 11.9 Å². The van der Waals surface area contributed by atoms with Crippen LogP contribution in [0.15, 0.2) is 41.3 Å². The first-order valence-corrected chi connectivity index (χ1v) is 12.3. The van der Waals surface area contributed by atoms with Crippen molar-refractivity contribution in [1.29, 1.82) is 0 Å². The Kier molecular flexibility index (Phi) is 5.60. The summed E-state index contributed by atoms with van der Waals surface area (Å²) in [6, 6.07) is 9.43. The van der Waals surface area contributed by atoms with Crippen molar-refractivity contribution >= 4 is 38.3 Å². The Balaban J connectivity index is 2.10. The summed E-state index contributed by atoms with van der Waals surface area (Å²) in [7, 11) is -3.73. The predicted octanol–water partition coefficient (Wildman–Crippen LogP) is 5.39. The Labute approximate surface area is 185 Å². The first-order valence-electron chi connectivity index (χ1n) is 10.1. The number of esters is 1. The van der Waals surface area contributed by atoms with Gasteiger partial charge in [0.2, 0.25) is 0 Å². The van der Waals surface area contributed by atoms with E-state index < -0.39 is 27.7 Å². The number of hydrogen-bond donors (Lipinski definition) is 0. The standard InChI is InChI=1S/C23H23ClFNO4S/c1-13(15-7-9-16(24)10-8-15)26-22-18(5-4-6-20(22)30-14(2)27)19-11-17(25)12-21(23(19)26)31(3,28)29/h7-13,20H,4-6H2,1-3H3/t13-,20+/m0/s1. The Morgan fingerprint density at radius 1 is 1.26 bits per heavy atom. The smallest absolute Gasteiger partial charge is 0.303 e. The molecule has 1 heterocycles. The Morgan fingerprint density at radius 3 is 2.55 bits per heavy atom. The number of aryl methyl sites for hydroxylation is 1. The lowest BCUT2D eigenvalue weighted by molar-refractivity contribution is -0.147. The predicted molar refractivity (Wildman–Crippen MR) is 118 cm³/mol. The van der Waals surface area contributed by atoms with Gasteiger partial charge in [-0.15, -0.1) is 0 Å². The van der Waals surface area contributed by atoms with Gasteiger partial charge in [0.15, 0.2) is 9.84 Å². The molecule has 0 fully saturated rings. The van der Waals surface area contributed by atoms with Crippen molar-refractivity contribution < 1.29 is 22.3 Å². The fraction of sp³-hybridized carbons (Fsp3) is 0.348. The molecule has 0 amide bonds. The fourth-order valence-corrected chi connectivity index (χ4v) is 5.57. The third kappa shape index (κ3) is 3.96. The van der Waals surface area contributed by atoms with Crippen molar-refractivity contribution in [1.82, 2.24) is 4.57 Å². The van der Waals surface area contributed by atoms with Crippen LogP contribution < -0.4 is 0 Å². The molecule has 1 aliphatic rings. The highest BCUT2D eigenvalue weighted by atomic mass is 35.5. The summed E-state index contributed by atoms with van der Waals surface area (Å²) in [6.45, 7) is 3.29. The van der Waals surface area contributed by atoms with Gasteiger partial charge in [-0.3, -0.25) is 4.79 Å². The van der Waals surface area contributed by atoms with Gasteiger partial charge in [0, 0.05) is 23.6 Å². The molecule has 1 aliphatic carbocycles. The third-order valence-electron chi connectivity index (χ3n) is 5.82. The van der Waals surface area contributed by atoms with E-state index in [0.717, 1.165) is 35.6 Å². The van der Waals surface area contributed by atoms with E-state index in [2.05, 4.69) is 0 Å². The second kappa shape index (κ2) is 7.95. The molecule has 0 radical (unpaired) electrons. The summed E-state index contributed by atoms with van der Waals surface area (Å²) < 4.78 is 47.3. The highest BCUT2D eigenvalue weighted by Gasteiger charge is 2.34. The number of carbonyl (C=O) groups is 1. The first kappa shape index (κ1) is 21.8. The second-order valence-corrected chi connectivity index (χ2v) is 10.4. The Hall–Kier alpha value is -2.38. The minimum atomic E-state index is -3.73. The van der Waals surface area contributed by atoms with Gasteiger partial charge < -0.3 is 9.30 Å². The molecule has 3 aromatic rings. The molecule has 1 aromatic heterocycles. The number of fused-ring (bicyclic) bond motifs is 3. The Bertz CT molecular complexity index is 1280. The van der Waals surface area contributed by atoms with Crippen LogP contribution in [-0.4, -0.2) is 25.2 Å². The van der Waals surface area contributed by atoms with Gasteiger partial charge >= 0.3 is 5.97 Å². The molecule has 2 atom stereocenters. The summed E-state index contributed by atoms with van der Waals surface area (Å²) in [6.07, 6.45) is 2.57. The van der Waals surface area contributed by atoms with E-state index in [1.54, 1.807) is 12.1 Å². The molecule has 0 bridgehead atoms. The van der Waals surface area contributed by atoms with Crippen LogP contribution in [0.3, 0.4) is 0 Å². The van der Waals surface area contributed by atoms with E-state index in [9.17, 15) is 17.6 Å². The van der Waals surface area contributed by atoms with Crippen LogP contribution in [0.4, 0.5) is 4.39 Å². The molecule has 8 heteroatoms. The SMILES string of the molecule is CC(=O)O[C@@H]1CCCc2c1n([C@@H](C)c1ccc(Cl)cc1)c1c(S(C)(=O)=O)cc(F)cc21. The minimum Gasteiger partial charge on any atom is -0.456 e. The van der Waals surface area contributed by atoms with Crippen molar-refractivity contribution in [2.24, 2.45) is 0 Å². The molecular weight excluding hydrogens is 441 g/mol. The number of sulfone groups is 1. The maximum atomic E-state index is 14.5. The number of rotatable bonds is 4. The maximum Gasteiger partial charge on any atom is 0.303 e. The van der Waals surface area contributed by atoms with Gasteiger partial charge in [-0.05, 0) is 61.6 Å². The van der Waals surface area contributed by atoms with Crippen LogP contribution in [-0.2, 0) is 25.8 Å². The van der Waals surface area contributed by atoms with Crippen LogP contribution in [0.25, 0.3) is 10.9 Å². The van der Waals surface area contributed by atoms with E-state index in [0.29, 0.717) is 28.8 Å². The average Bonchev–Trinajstić information content (AvgIpc) is 3.01. The normalized spacial score (nSPS) is 17.4. The van der Waals surface area contributed by atoms with Crippen molar-refractivity contribution in [2.75, 3.05) is 6.26 Å². The average molecular weight is 464 g/mol. The van der Waals surface area contributed by atoms with Crippen LogP contribution in [0.5, 0.6) is 0 Å². The number of benzene rings is 2. The van der Waals surface area contributed by atoms with Crippen molar-refractivity contribution in [3.63, 3.8) is 0 Å². The van der Waals surface area contributed by atoms with Crippen LogP contribution in [0.2, 0.25) is 5.02 Å². The van der Waals surface area contributed by atoms with Crippen LogP contribution in [0.1, 0.15) is 55.7 Å². The molecule has 0 saturated carbocycles. The summed E-state index contributed by atoms with van der Waals surface area (Å²) in [5.41, 5.74) is 2.91. The molecule has 31 heavy (non-hydrogen) atoms. The zero-order valence-electron chi connectivity index (χ0n) is 17.5. The minimum absolute atomic E-state index is 0.0701. The molecule has 2 aromatic carbocycles. The van der Waals surface area contributed by atoms with Gasteiger partial charge in [-0.2, -0.15) is 0 Å². The van der Waals surface area contributed by atoms with E-state index in [-0.39, 0.29) is 10.9 Å². The third-order valence-corrected chi connectivity index (χ3v) is 7.18. The number of halogens is 2. The van der Waals surface area contributed by atoms with Gasteiger partial charge in [-0.25, -0.2) is 12.8 Å². The van der Waals surface area contributed by atoms with Gasteiger partial charge in [0.25, 0.3) is 0 Å². The van der Waals surface area contributed by atoms with Crippen molar-refractivity contribution in [3.05, 3.63) is 64.1 Å². The quantitative estimate of drug-likeness (QED) is 0.487. The van der Waals surface area contributed by atoms with E-state index in [4.69, 9.17) is 16.3 Å². The summed E-state index contributed by atoms with van der Waals surface area (Å²) in [5, 5.41) is 1.14. The summed E-state index contributed by atoms with van der Waals surface area (Å²) >= 11 is 6.05. The molecule has 5 nitrogen and oxygen atoms in total. The monoisotopic (exact) mass is 463 g/mol. The highest BCUT2D eigenvalue weighted by Crippen LogP contribution is 2.44. The number of aromatic nitrogens is 1. The van der Waals surface area contributed by atoms with Gasteiger partial charge in [0.05, 0.1) is 22.1 Å². The van der Waals surface area contributed by atoms with Crippen molar-refractivity contribution in [3.8, 4) is 0 Å². The second-order valence-electron chi connectivity index (χ2n) is 8.02. The van der Waals surface area contributed by atoms with Crippen LogP contribution in [0, 0.1) is 5.82 Å². The molecule has 0 saturated heterocycles. The number of carbonyl (C=O) groups excluding carboxylic acids is 1. The molecular formula is C23H23ClFNO4S. The van der Waals surface area contributed by atoms with E-state index >= 15 is 0 Å². The lowest BCUT2D eigenvalue weighted by Crippen LogP contribution is -2.21. The highest BCUT2D eigenvalue weighted by molar-refractivity contribution is 7.91. The largest absolute Gasteiger partial charge is 0.456 e. The summed E-state index contributed by atoms with van der Waals surface area (Å²) in [4.78, 5) is 11.7. The number of nitrogens with zero attached hydrogens (tertiary/aromatic N) is 1. The number of ether oxygens (including phenoxy) is 1.